The fraction of sp³-hybridized carbons (Fsp3) is 0.120. The quantitative estimate of drug-likeness (QED) is 0.216. The predicted octanol–water partition coefficient (Wildman–Crippen LogP) is 7.19. The van der Waals surface area contributed by atoms with E-state index in [4.69, 9.17) is 25.8 Å². The van der Waals surface area contributed by atoms with Crippen molar-refractivity contribution in [3.63, 3.8) is 0 Å². The average Bonchev–Trinajstić information content (AvgIpc) is 3.15. The van der Waals surface area contributed by atoms with E-state index in [1.54, 1.807) is 12.1 Å². The Morgan fingerprint density at radius 2 is 1.85 bits per heavy atom. The first kappa shape index (κ1) is 23.5. The number of halogens is 3. The number of rotatable bonds is 7. The molecule has 1 aliphatic heterocycles. The first-order valence-electron chi connectivity index (χ1n) is 10.0. The third-order valence-electron chi connectivity index (χ3n) is 4.62. The van der Waals surface area contributed by atoms with Crippen molar-refractivity contribution >= 4 is 61.4 Å². The molecule has 0 amide bonds. The molecule has 4 rings (SSSR count). The lowest BCUT2D eigenvalue weighted by Gasteiger charge is -2.15. The smallest absolute Gasteiger partial charge is 0.363 e. The zero-order chi connectivity index (χ0) is 23.4. The Balaban J connectivity index is 1.61. The minimum atomic E-state index is -0.512. The summed E-state index contributed by atoms with van der Waals surface area (Å²) >= 11 is 12.9. The van der Waals surface area contributed by atoms with Crippen LogP contribution in [-0.4, -0.2) is 18.5 Å². The molecule has 5 nitrogen and oxygen atoms in total. The molecule has 0 unspecified atom stereocenters. The van der Waals surface area contributed by atoms with E-state index in [9.17, 15) is 4.79 Å². The topological polar surface area (TPSA) is 57.1 Å². The number of benzene rings is 3. The largest absolute Gasteiger partial charge is 0.490 e. The number of carbonyl (C=O) groups excluding carboxylic acids is 1. The van der Waals surface area contributed by atoms with Crippen molar-refractivity contribution < 1.29 is 19.0 Å². The molecule has 0 saturated heterocycles. The second kappa shape index (κ2) is 10.5. The van der Waals surface area contributed by atoms with Crippen LogP contribution in [0.5, 0.6) is 11.5 Å². The van der Waals surface area contributed by atoms with Crippen LogP contribution < -0.4 is 9.47 Å². The van der Waals surface area contributed by atoms with E-state index < -0.39 is 5.97 Å². The molecule has 0 aromatic heterocycles. The van der Waals surface area contributed by atoms with Crippen LogP contribution in [0.15, 0.2) is 80.3 Å². The minimum absolute atomic E-state index is 0.203. The third kappa shape index (κ3) is 5.85. The van der Waals surface area contributed by atoms with E-state index in [0.29, 0.717) is 39.8 Å². The Morgan fingerprint density at radius 3 is 2.58 bits per heavy atom. The number of ether oxygens (including phenoxy) is 3. The summed E-state index contributed by atoms with van der Waals surface area (Å²) in [6.07, 6.45) is 1.66. The van der Waals surface area contributed by atoms with Crippen LogP contribution in [0, 0.1) is 0 Å². The summed E-state index contributed by atoms with van der Waals surface area (Å²) in [4.78, 5) is 16.8. The number of hydrogen-bond donors (Lipinski definition) is 0. The number of hydrogen-bond acceptors (Lipinski definition) is 5. The molecule has 1 aliphatic rings. The zero-order valence-electron chi connectivity index (χ0n) is 17.5. The summed E-state index contributed by atoms with van der Waals surface area (Å²) in [5, 5.41) is 0.670. The van der Waals surface area contributed by atoms with Crippen LogP contribution in [0.3, 0.4) is 0 Å². The summed E-state index contributed by atoms with van der Waals surface area (Å²) < 4.78 is 18.7. The minimum Gasteiger partial charge on any atom is -0.490 e. The van der Waals surface area contributed by atoms with Crippen molar-refractivity contribution in [2.75, 3.05) is 6.61 Å². The molecule has 0 bridgehead atoms. The van der Waals surface area contributed by atoms with Crippen molar-refractivity contribution in [3.8, 4) is 11.5 Å². The van der Waals surface area contributed by atoms with E-state index in [1.807, 2.05) is 61.5 Å². The lowest BCUT2D eigenvalue weighted by molar-refractivity contribution is -0.129. The number of aliphatic imine (C=N–C) groups is 1. The molecule has 0 atom stereocenters. The standard InChI is InChI=1S/C25H18Br2ClNO4/c1-2-31-22-12-16(10-20(27)23(22)32-14-15-6-8-19(28)9-7-15)11-21-25(30)33-24(29-21)17-4-3-5-18(26)13-17/h3-13H,2,14H2,1H3/b21-11-. The first-order valence-corrected chi connectivity index (χ1v) is 12.0. The SMILES string of the molecule is CCOc1cc(/C=C2\N=C(c3cccc(Br)c3)OC2=O)cc(Br)c1OCc1ccc(Cl)cc1. The van der Waals surface area contributed by atoms with Gasteiger partial charge in [-0.2, -0.15) is 0 Å². The molecule has 1 heterocycles. The van der Waals surface area contributed by atoms with Crippen LogP contribution in [0.2, 0.25) is 5.02 Å². The van der Waals surface area contributed by atoms with E-state index in [-0.39, 0.29) is 11.6 Å². The summed E-state index contributed by atoms with van der Waals surface area (Å²) in [5.74, 6) is 0.873. The van der Waals surface area contributed by atoms with E-state index in [0.717, 1.165) is 15.6 Å². The molecule has 0 fully saturated rings. The van der Waals surface area contributed by atoms with Gasteiger partial charge in [-0.05, 0) is 82.5 Å². The van der Waals surface area contributed by atoms with Crippen LogP contribution in [0.1, 0.15) is 23.6 Å². The highest BCUT2D eigenvalue weighted by Gasteiger charge is 2.24. The van der Waals surface area contributed by atoms with Crippen LogP contribution in [0.4, 0.5) is 0 Å². The number of nitrogens with zero attached hydrogens (tertiary/aromatic N) is 1. The maximum atomic E-state index is 12.4. The molecule has 3 aromatic rings. The molecule has 33 heavy (non-hydrogen) atoms. The van der Waals surface area contributed by atoms with Crippen LogP contribution in [-0.2, 0) is 16.1 Å². The molecule has 0 aliphatic carbocycles. The van der Waals surface area contributed by atoms with Crippen molar-refractivity contribution in [2.24, 2.45) is 4.99 Å². The maximum absolute atomic E-state index is 12.4. The van der Waals surface area contributed by atoms with Gasteiger partial charge in [0.25, 0.3) is 0 Å². The van der Waals surface area contributed by atoms with Crippen LogP contribution in [0.25, 0.3) is 6.08 Å². The van der Waals surface area contributed by atoms with Crippen molar-refractivity contribution in [3.05, 3.63) is 97.0 Å². The van der Waals surface area contributed by atoms with Crippen molar-refractivity contribution in [2.45, 2.75) is 13.5 Å². The van der Waals surface area contributed by atoms with Gasteiger partial charge in [0.15, 0.2) is 17.2 Å². The van der Waals surface area contributed by atoms with Gasteiger partial charge in [-0.25, -0.2) is 9.79 Å². The van der Waals surface area contributed by atoms with Crippen molar-refractivity contribution in [1.82, 2.24) is 0 Å². The molecule has 0 radical (unpaired) electrons. The fourth-order valence-corrected chi connectivity index (χ4v) is 4.22. The second-order valence-electron chi connectivity index (χ2n) is 7.02. The van der Waals surface area contributed by atoms with E-state index in [1.165, 1.54) is 0 Å². The predicted molar refractivity (Wildman–Crippen MR) is 136 cm³/mol. The molecular formula is C25H18Br2ClNO4. The van der Waals surface area contributed by atoms with Gasteiger partial charge in [0.2, 0.25) is 5.90 Å². The van der Waals surface area contributed by atoms with Gasteiger partial charge in [0.1, 0.15) is 6.61 Å². The third-order valence-corrected chi connectivity index (χ3v) is 5.96. The normalized spacial score (nSPS) is 14.2. The maximum Gasteiger partial charge on any atom is 0.363 e. The van der Waals surface area contributed by atoms with Gasteiger partial charge < -0.3 is 14.2 Å². The zero-order valence-corrected chi connectivity index (χ0v) is 21.4. The summed E-state index contributed by atoms with van der Waals surface area (Å²) in [6, 6.07) is 18.5. The Morgan fingerprint density at radius 1 is 1.06 bits per heavy atom. The molecular weight excluding hydrogens is 574 g/mol. The first-order chi connectivity index (χ1) is 15.9. The number of cyclic esters (lactones) is 1. The summed E-state index contributed by atoms with van der Waals surface area (Å²) in [6.45, 7) is 2.70. The Labute approximate surface area is 213 Å². The molecule has 0 N–H and O–H groups in total. The Bertz CT molecular complexity index is 1260. The van der Waals surface area contributed by atoms with Gasteiger partial charge in [-0.1, -0.05) is 45.7 Å². The van der Waals surface area contributed by atoms with E-state index in [2.05, 4.69) is 36.9 Å². The highest BCUT2D eigenvalue weighted by Crippen LogP contribution is 2.38. The monoisotopic (exact) mass is 589 g/mol. The van der Waals surface area contributed by atoms with Gasteiger partial charge >= 0.3 is 5.97 Å². The number of carbonyl (C=O) groups is 1. The molecule has 3 aromatic carbocycles. The highest BCUT2D eigenvalue weighted by molar-refractivity contribution is 9.10. The Kier molecular flexibility index (Phi) is 7.53. The second-order valence-corrected chi connectivity index (χ2v) is 9.23. The lowest BCUT2D eigenvalue weighted by atomic mass is 10.1. The highest BCUT2D eigenvalue weighted by atomic mass is 79.9. The Hall–Kier alpha value is -2.61. The van der Waals surface area contributed by atoms with Gasteiger partial charge in [-0.3, -0.25) is 0 Å². The summed E-state index contributed by atoms with van der Waals surface area (Å²) in [5.41, 5.74) is 2.61. The van der Waals surface area contributed by atoms with Crippen molar-refractivity contribution in [1.29, 1.82) is 0 Å². The fourth-order valence-electron chi connectivity index (χ4n) is 3.12. The summed E-state index contributed by atoms with van der Waals surface area (Å²) in [7, 11) is 0. The molecule has 168 valence electrons. The molecule has 0 saturated carbocycles. The van der Waals surface area contributed by atoms with Gasteiger partial charge in [0.05, 0.1) is 11.1 Å². The average molecular weight is 592 g/mol. The van der Waals surface area contributed by atoms with E-state index >= 15 is 0 Å². The lowest BCUT2D eigenvalue weighted by Crippen LogP contribution is -2.05. The number of esters is 1. The molecule has 0 spiro atoms. The van der Waals surface area contributed by atoms with Gasteiger partial charge in [0, 0.05) is 15.1 Å². The van der Waals surface area contributed by atoms with Gasteiger partial charge in [-0.15, -0.1) is 0 Å². The van der Waals surface area contributed by atoms with Crippen LogP contribution >= 0.6 is 43.5 Å². The molecule has 8 heteroatoms.